The van der Waals surface area contributed by atoms with Crippen molar-refractivity contribution < 1.29 is 43.9 Å². The van der Waals surface area contributed by atoms with Crippen LogP contribution in [-0.2, 0) is 14.6 Å². The zero-order valence-corrected chi connectivity index (χ0v) is 29.4. The number of aliphatic hydroxyl groups excluding tert-OH is 6. The topological polar surface area (TPSA) is 200 Å². The molecule has 0 fully saturated rings. The molecule has 1 heterocycles. The quantitative estimate of drug-likeness (QED) is 0.106. The van der Waals surface area contributed by atoms with Crippen molar-refractivity contribution in [3.63, 3.8) is 0 Å². The molecule has 7 atom stereocenters. The molecule has 270 valence electrons. The van der Waals surface area contributed by atoms with Crippen LogP contribution in [0.4, 0.5) is 11.4 Å². The van der Waals surface area contributed by atoms with Gasteiger partial charge in [0.2, 0.25) is 5.91 Å². The maximum Gasteiger partial charge on any atom is 0.224 e. The minimum atomic E-state index is -3.72. The van der Waals surface area contributed by atoms with Gasteiger partial charge in [-0.25, -0.2) is 8.42 Å². The molecule has 48 heavy (non-hydrogen) atoms. The van der Waals surface area contributed by atoms with Crippen LogP contribution in [0, 0.1) is 5.41 Å². The lowest BCUT2D eigenvalue weighted by Gasteiger charge is -2.39. The average Bonchev–Trinajstić information content (AvgIpc) is 3.13. The smallest absolute Gasteiger partial charge is 0.224 e. The van der Waals surface area contributed by atoms with E-state index in [2.05, 4.69) is 17.6 Å². The second-order valence-corrected chi connectivity index (χ2v) is 15.2. The lowest BCUT2D eigenvalue weighted by Crippen LogP contribution is -2.49. The van der Waals surface area contributed by atoms with E-state index in [-0.39, 0.29) is 29.5 Å². The van der Waals surface area contributed by atoms with E-state index in [0.29, 0.717) is 49.0 Å². The fraction of sp³-hybridized carbons (Fsp3) is 0.629. The summed E-state index contributed by atoms with van der Waals surface area (Å²) < 4.78 is 27.8. The summed E-state index contributed by atoms with van der Waals surface area (Å²) in [5, 5.41) is 66.0. The fourth-order valence-corrected chi connectivity index (χ4v) is 8.76. The van der Waals surface area contributed by atoms with Gasteiger partial charge in [0.05, 0.1) is 29.5 Å². The summed E-state index contributed by atoms with van der Waals surface area (Å²) in [5.74, 6) is -0.991. The molecule has 1 aliphatic heterocycles. The molecular formula is C35H55N3O9S. The van der Waals surface area contributed by atoms with Crippen molar-refractivity contribution in [2.75, 3.05) is 49.8 Å². The molecule has 4 unspecified atom stereocenters. The third-order valence-corrected chi connectivity index (χ3v) is 11.5. The van der Waals surface area contributed by atoms with E-state index in [4.69, 9.17) is 5.11 Å². The molecule has 12 nitrogen and oxygen atoms in total. The van der Waals surface area contributed by atoms with E-state index in [1.165, 1.54) is 0 Å². The number of hydrogen-bond acceptors (Lipinski definition) is 11. The predicted octanol–water partition coefficient (Wildman–Crippen LogP) is 1.75. The molecule has 0 saturated heterocycles. The van der Waals surface area contributed by atoms with Gasteiger partial charge in [0.15, 0.2) is 9.84 Å². The van der Waals surface area contributed by atoms with E-state index in [9.17, 15) is 38.7 Å². The van der Waals surface area contributed by atoms with Crippen LogP contribution in [0.3, 0.4) is 0 Å². The molecule has 0 aliphatic carbocycles. The van der Waals surface area contributed by atoms with Gasteiger partial charge < -0.3 is 46.2 Å². The first-order valence-corrected chi connectivity index (χ1v) is 18.5. The predicted molar refractivity (Wildman–Crippen MR) is 186 cm³/mol. The Labute approximate surface area is 284 Å². The molecule has 13 heteroatoms. The van der Waals surface area contributed by atoms with Gasteiger partial charge in [0, 0.05) is 49.8 Å². The van der Waals surface area contributed by atoms with Gasteiger partial charge in [-0.05, 0) is 73.7 Å². The summed E-state index contributed by atoms with van der Waals surface area (Å²) in [6.07, 6.45) is -3.17. The highest BCUT2D eigenvalue weighted by Gasteiger charge is 2.49. The summed E-state index contributed by atoms with van der Waals surface area (Å²) in [4.78, 5) is 15.0. The van der Waals surface area contributed by atoms with E-state index >= 15 is 0 Å². The number of amides is 1. The van der Waals surface area contributed by atoms with Crippen LogP contribution < -0.4 is 15.5 Å². The molecule has 2 aromatic carbocycles. The van der Waals surface area contributed by atoms with Gasteiger partial charge in [-0.15, -0.1) is 0 Å². The number of hydrogen-bond donors (Lipinski definition) is 8. The number of benzene rings is 2. The molecule has 1 amide bonds. The molecule has 0 saturated carbocycles. The SMILES string of the molecule is CCCC[C@]1(CC)CS(=O)(=O)c2ccc(N(C)C)cc2C(c2cccc(NC(=O)CCCCNCC(O)[C@@H](O)C(O)C(O)CO)c2)[C@H]1O. The number of anilines is 2. The summed E-state index contributed by atoms with van der Waals surface area (Å²) in [6, 6.07) is 12.5. The Bertz CT molecular complexity index is 1440. The van der Waals surface area contributed by atoms with Gasteiger partial charge in [0.1, 0.15) is 18.3 Å². The van der Waals surface area contributed by atoms with Crippen molar-refractivity contribution in [3.8, 4) is 0 Å². The second kappa shape index (κ2) is 17.9. The van der Waals surface area contributed by atoms with Crippen LogP contribution in [0.1, 0.15) is 75.8 Å². The van der Waals surface area contributed by atoms with Crippen molar-refractivity contribution in [2.24, 2.45) is 5.41 Å². The summed E-state index contributed by atoms with van der Waals surface area (Å²) in [5.41, 5.74) is 1.77. The average molecular weight is 694 g/mol. The lowest BCUT2D eigenvalue weighted by molar-refractivity contribution is -0.116. The minimum absolute atomic E-state index is 0.0550. The first-order chi connectivity index (χ1) is 22.7. The Balaban J connectivity index is 1.74. The zero-order chi connectivity index (χ0) is 35.6. The Hall–Kier alpha value is -2.62. The molecule has 0 bridgehead atoms. The van der Waals surface area contributed by atoms with Gasteiger partial charge in [-0.2, -0.15) is 0 Å². The maximum atomic E-state index is 13.9. The summed E-state index contributed by atoms with van der Waals surface area (Å²) in [7, 11) is 0.0475. The normalized spacial score (nSPS) is 23.0. The highest BCUT2D eigenvalue weighted by atomic mass is 32.2. The number of sulfone groups is 1. The van der Waals surface area contributed by atoms with E-state index in [1.807, 2.05) is 44.1 Å². The standard InChI is InChI=1S/C35H55N3O9S/c1-5-7-16-35(6-2)22-48(46,47)29-15-14-25(38(3)4)19-26(29)31(34(35)45)23-11-10-12-24(18-23)37-30(42)13-8-9-17-36-20-27(40)32(43)33(44)28(41)21-39/h10-12,14-15,18-19,27-28,31-34,36,39-41,43-45H,5-9,13,16-17,20-22H2,1-4H3,(H,37,42)/t27?,28?,31?,32-,33?,34-,35-/m1/s1. The van der Waals surface area contributed by atoms with Gasteiger partial charge in [0.25, 0.3) is 0 Å². The first kappa shape index (κ1) is 39.8. The van der Waals surface area contributed by atoms with Crippen molar-refractivity contribution in [1.29, 1.82) is 0 Å². The largest absolute Gasteiger partial charge is 0.394 e. The Morgan fingerprint density at radius 3 is 2.35 bits per heavy atom. The lowest BCUT2D eigenvalue weighted by atomic mass is 9.69. The Morgan fingerprint density at radius 1 is 1.00 bits per heavy atom. The van der Waals surface area contributed by atoms with Gasteiger partial charge >= 0.3 is 0 Å². The van der Waals surface area contributed by atoms with Crippen LogP contribution in [-0.4, -0.2) is 115 Å². The zero-order valence-electron chi connectivity index (χ0n) is 28.5. The van der Waals surface area contributed by atoms with Crippen LogP contribution >= 0.6 is 0 Å². The number of rotatable bonds is 18. The third-order valence-electron chi connectivity index (χ3n) is 9.55. The highest BCUT2D eigenvalue weighted by Crippen LogP contribution is 2.49. The van der Waals surface area contributed by atoms with Crippen LogP contribution in [0.5, 0.6) is 0 Å². The van der Waals surface area contributed by atoms with E-state index in [0.717, 1.165) is 18.5 Å². The third kappa shape index (κ3) is 9.75. The van der Waals surface area contributed by atoms with Crippen LogP contribution in [0.2, 0.25) is 0 Å². The van der Waals surface area contributed by atoms with Crippen LogP contribution in [0.25, 0.3) is 0 Å². The van der Waals surface area contributed by atoms with E-state index < -0.39 is 58.3 Å². The molecular weight excluding hydrogens is 638 g/mol. The first-order valence-electron chi connectivity index (χ1n) is 16.9. The molecule has 0 spiro atoms. The Kier molecular flexibility index (Phi) is 14.8. The summed E-state index contributed by atoms with van der Waals surface area (Å²) >= 11 is 0. The van der Waals surface area contributed by atoms with Crippen molar-refractivity contribution >= 4 is 27.1 Å². The van der Waals surface area contributed by atoms with Gasteiger partial charge in [-0.3, -0.25) is 4.79 Å². The summed E-state index contributed by atoms with van der Waals surface area (Å²) in [6.45, 7) is 3.62. The number of fused-ring (bicyclic) bond motifs is 1. The molecule has 8 N–H and O–H groups in total. The number of nitrogens with zero attached hydrogens (tertiary/aromatic N) is 1. The monoisotopic (exact) mass is 693 g/mol. The second-order valence-electron chi connectivity index (χ2n) is 13.3. The number of carbonyl (C=O) groups excluding carboxylic acids is 1. The number of aliphatic hydroxyl groups is 6. The number of carbonyl (C=O) groups is 1. The van der Waals surface area contributed by atoms with Crippen molar-refractivity contribution in [2.45, 2.75) is 100 Å². The molecule has 1 aliphatic rings. The highest BCUT2D eigenvalue weighted by molar-refractivity contribution is 7.91. The number of nitrogens with one attached hydrogen (secondary N) is 2. The Morgan fingerprint density at radius 2 is 1.71 bits per heavy atom. The van der Waals surface area contributed by atoms with Crippen LogP contribution in [0.15, 0.2) is 47.4 Å². The fourth-order valence-electron chi connectivity index (χ4n) is 6.51. The maximum absolute atomic E-state index is 13.9. The van der Waals surface area contributed by atoms with Crippen molar-refractivity contribution in [3.05, 3.63) is 53.6 Å². The minimum Gasteiger partial charge on any atom is -0.394 e. The van der Waals surface area contributed by atoms with Crippen molar-refractivity contribution in [1.82, 2.24) is 5.32 Å². The molecule has 0 radical (unpaired) electrons. The molecule has 0 aromatic heterocycles. The number of unbranched alkanes of at least 4 members (excludes halogenated alkanes) is 2. The van der Waals surface area contributed by atoms with Gasteiger partial charge in [-0.1, -0.05) is 38.8 Å². The molecule has 2 aromatic rings. The molecule has 3 rings (SSSR count). The van der Waals surface area contributed by atoms with E-state index in [1.54, 1.807) is 24.3 Å².